The fourth-order valence-corrected chi connectivity index (χ4v) is 8.10. The number of anilines is 4. The molecule has 9 aromatic rings. The van der Waals surface area contributed by atoms with Crippen LogP contribution in [0.15, 0.2) is 170 Å². The normalized spacial score (nSPS) is 13.9. The van der Waals surface area contributed by atoms with E-state index in [-0.39, 0.29) is 62.1 Å². The zero-order valence-corrected chi connectivity index (χ0v) is 37.6. The predicted molar refractivity (Wildman–Crippen MR) is 252 cm³/mol. The van der Waals surface area contributed by atoms with Gasteiger partial charge in [-0.3, -0.25) is 0 Å². The van der Waals surface area contributed by atoms with Crippen molar-refractivity contribution in [1.29, 1.82) is 0 Å². The van der Waals surface area contributed by atoms with Gasteiger partial charge in [0.1, 0.15) is 5.82 Å². The Labute approximate surface area is 386 Å². The summed E-state index contributed by atoms with van der Waals surface area (Å²) in [5.74, 6) is 1.10. The van der Waals surface area contributed by atoms with Crippen LogP contribution in [0, 0.1) is 18.8 Å². The second-order valence-electron chi connectivity index (χ2n) is 17.5. The topological polar surface area (TPSA) is 33.5 Å². The van der Waals surface area contributed by atoms with Crippen molar-refractivity contribution in [2.24, 2.45) is 0 Å². The molecule has 0 spiro atoms. The summed E-state index contributed by atoms with van der Waals surface area (Å²) in [5.41, 5.74) is 10.6. The maximum atomic E-state index is 9.03. The summed E-state index contributed by atoms with van der Waals surface area (Å²) in [6, 6.07) is 50.8. The molecular formula is C56H47N4OPt-3. The van der Waals surface area contributed by atoms with Crippen molar-refractivity contribution in [3.8, 4) is 39.6 Å². The molecule has 0 N–H and O–H groups in total. The smallest absolute Gasteiger partial charge is 0.135 e. The van der Waals surface area contributed by atoms with Crippen LogP contribution < -0.4 is 14.5 Å². The molecule has 3 heterocycles. The molecule has 0 unspecified atom stereocenters. The van der Waals surface area contributed by atoms with E-state index in [1.165, 1.54) is 5.56 Å². The van der Waals surface area contributed by atoms with Crippen LogP contribution in [0.5, 0.6) is 11.5 Å². The Morgan fingerprint density at radius 3 is 1.87 bits per heavy atom. The van der Waals surface area contributed by atoms with E-state index in [2.05, 4.69) is 138 Å². The summed E-state index contributed by atoms with van der Waals surface area (Å²) >= 11 is 0. The zero-order chi connectivity index (χ0) is 46.2. The summed E-state index contributed by atoms with van der Waals surface area (Å²) < 4.78 is 52.4. The molecule has 7 aromatic carbocycles. The van der Waals surface area contributed by atoms with Gasteiger partial charge in [-0.2, -0.15) is 12.1 Å². The summed E-state index contributed by atoms with van der Waals surface area (Å²) in [6.45, 7) is 15.1. The molecule has 0 fully saturated rings. The van der Waals surface area contributed by atoms with Crippen LogP contribution in [0.25, 0.3) is 49.9 Å². The van der Waals surface area contributed by atoms with E-state index in [9.17, 15) is 0 Å². The minimum absolute atomic E-state index is 0. The second kappa shape index (κ2) is 16.1. The van der Waals surface area contributed by atoms with E-state index in [0.29, 0.717) is 44.8 Å². The largest absolute Gasteiger partial charge is 0.509 e. The molecule has 5 nitrogen and oxygen atoms in total. The van der Waals surface area contributed by atoms with Gasteiger partial charge < -0.3 is 19.1 Å². The van der Waals surface area contributed by atoms with Gasteiger partial charge in [-0.25, -0.2) is 4.98 Å². The molecule has 0 aliphatic carbocycles. The predicted octanol–water partition coefficient (Wildman–Crippen LogP) is 14.9. The van der Waals surface area contributed by atoms with E-state index in [0.717, 1.165) is 44.9 Å². The van der Waals surface area contributed by atoms with Crippen molar-refractivity contribution >= 4 is 44.6 Å². The first-order chi connectivity index (χ1) is 31.6. The number of para-hydroxylation sites is 3. The third-order valence-corrected chi connectivity index (χ3v) is 11.3. The van der Waals surface area contributed by atoms with Gasteiger partial charge in [0, 0.05) is 73.8 Å². The number of rotatable bonds is 7. The molecule has 0 amide bonds. The molecular weight excluding hydrogens is 940 g/mol. The minimum atomic E-state index is -0.331. The third kappa shape index (κ3) is 7.49. The third-order valence-electron chi connectivity index (χ3n) is 11.3. The minimum Gasteiger partial charge on any atom is -0.509 e. The van der Waals surface area contributed by atoms with Crippen molar-refractivity contribution in [2.75, 3.05) is 9.80 Å². The van der Waals surface area contributed by atoms with Crippen LogP contribution in [0.1, 0.15) is 59.5 Å². The molecule has 6 heteroatoms. The summed E-state index contributed by atoms with van der Waals surface area (Å²) in [4.78, 5) is 9.00. The molecule has 62 heavy (non-hydrogen) atoms. The Balaban J connectivity index is 0.00000562. The molecule has 310 valence electrons. The number of aromatic nitrogens is 2. The number of pyridine rings is 1. The van der Waals surface area contributed by atoms with E-state index < -0.39 is 0 Å². The Morgan fingerprint density at radius 1 is 0.597 bits per heavy atom. The maximum Gasteiger partial charge on any atom is 0.135 e. The Hall–Kier alpha value is -6.42. The first-order valence-electron chi connectivity index (χ1n) is 23.0. The number of fused-ring (bicyclic) bond motifs is 4. The van der Waals surface area contributed by atoms with Gasteiger partial charge in [0.25, 0.3) is 0 Å². The van der Waals surface area contributed by atoms with Gasteiger partial charge in [-0.05, 0) is 80.9 Å². The fourth-order valence-electron chi connectivity index (χ4n) is 8.10. The monoisotopic (exact) mass is 991 g/mol. The van der Waals surface area contributed by atoms with Crippen molar-refractivity contribution < 1.29 is 32.7 Å². The first-order valence-corrected chi connectivity index (χ1v) is 20.5. The van der Waals surface area contributed by atoms with Gasteiger partial charge >= 0.3 is 0 Å². The summed E-state index contributed by atoms with van der Waals surface area (Å²) in [6.07, 6.45) is 1.72. The molecule has 2 aromatic heterocycles. The number of nitrogens with zero attached hydrogens (tertiary/aromatic N) is 4. The number of benzene rings is 7. The molecule has 0 saturated heterocycles. The van der Waals surface area contributed by atoms with Gasteiger partial charge in [-0.15, -0.1) is 48.1 Å². The maximum absolute atomic E-state index is 9.03. The molecule has 0 saturated carbocycles. The molecule has 1 aliphatic heterocycles. The van der Waals surface area contributed by atoms with Crippen molar-refractivity contribution in [1.82, 2.24) is 9.55 Å². The van der Waals surface area contributed by atoms with Crippen molar-refractivity contribution in [2.45, 2.75) is 52.4 Å². The average molecular weight is 992 g/mol. The van der Waals surface area contributed by atoms with Crippen LogP contribution in [0.4, 0.5) is 22.7 Å². The standard InChI is InChI=1S/C56H47N4O.Pt/c1-55(2,3)40-30-31-57-53(34-40)60-49-25-14-13-24-45(49)46-29-28-44(36-52(46)60)61-43-23-17-22-42(35-43)58-37-59(51-27-16-15-26-50(51)58)54-47(38-18-9-7-10-19-38)32-41(56(4,5)6)33-48(54)39-20-11-8-12-21-39;/h7-34,37H,1-6H3;/q-3;/i13D,14D,17D,24D,25D;. The number of hydrogen-bond acceptors (Lipinski definition) is 4. The summed E-state index contributed by atoms with van der Waals surface area (Å²) in [5, 5.41) is 0.949. The van der Waals surface area contributed by atoms with Crippen LogP contribution >= 0.6 is 0 Å². The van der Waals surface area contributed by atoms with Crippen LogP contribution in [0.2, 0.25) is 0 Å². The first kappa shape index (κ1) is 35.2. The van der Waals surface area contributed by atoms with Gasteiger partial charge in [0.05, 0.1) is 5.48 Å². The van der Waals surface area contributed by atoms with Crippen molar-refractivity contribution in [3.63, 3.8) is 0 Å². The SMILES string of the molecule is [2H]c1cc(Oc2[c-]c3c(cc2)c2c([2H])c([2H])c([2H])c([2H])c2n3-c2cc(C(C)(C)C)ccn2)[c-]c(N2[CH-]N(c3c(-c4ccccc4)cc(C(C)(C)C)cc3-c3ccccc3)c3ccccc32)c1.[Pt]. The Morgan fingerprint density at radius 2 is 1.21 bits per heavy atom. The summed E-state index contributed by atoms with van der Waals surface area (Å²) in [7, 11) is 0. The quantitative estimate of drug-likeness (QED) is 0.149. The van der Waals surface area contributed by atoms with Gasteiger partial charge in [0.2, 0.25) is 0 Å². The van der Waals surface area contributed by atoms with Crippen LogP contribution in [-0.4, -0.2) is 9.55 Å². The molecule has 10 rings (SSSR count). The van der Waals surface area contributed by atoms with E-state index in [1.807, 2.05) is 41.3 Å². The van der Waals surface area contributed by atoms with Gasteiger partial charge in [-0.1, -0.05) is 138 Å². The van der Waals surface area contributed by atoms with Crippen molar-refractivity contribution in [3.05, 3.63) is 200 Å². The van der Waals surface area contributed by atoms with Crippen LogP contribution in [0.3, 0.4) is 0 Å². The number of ether oxygens (including phenoxy) is 1. The average Bonchev–Trinajstić information content (AvgIpc) is 3.86. The second-order valence-corrected chi connectivity index (χ2v) is 17.5. The van der Waals surface area contributed by atoms with E-state index >= 15 is 0 Å². The van der Waals surface area contributed by atoms with Gasteiger partial charge in [0.15, 0.2) is 0 Å². The fraction of sp³-hybridized carbons (Fsp3) is 0.143. The Kier molecular flexibility index (Phi) is 9.15. The van der Waals surface area contributed by atoms with Crippen LogP contribution in [-0.2, 0) is 31.9 Å². The zero-order valence-electron chi connectivity index (χ0n) is 40.4. The number of hydrogen-bond donors (Lipinski definition) is 0. The Bertz CT molecular complexity index is 3300. The molecule has 0 atom stereocenters. The molecule has 1 aliphatic rings. The molecule has 0 bridgehead atoms. The molecule has 0 radical (unpaired) electrons. The van der Waals surface area contributed by atoms with E-state index in [1.54, 1.807) is 35.0 Å². The van der Waals surface area contributed by atoms with E-state index in [4.69, 9.17) is 16.6 Å².